The van der Waals surface area contributed by atoms with Gasteiger partial charge in [0, 0.05) is 12.8 Å². The summed E-state index contributed by atoms with van der Waals surface area (Å²) in [7, 11) is 0. The van der Waals surface area contributed by atoms with Crippen LogP contribution in [0.1, 0.15) is 12.8 Å². The van der Waals surface area contributed by atoms with Gasteiger partial charge >= 0.3 is 11.9 Å². The normalized spacial score (nSPS) is 30.1. The number of hydrogen-bond acceptors (Lipinski definition) is 3. The molecular weight excluding hydrogens is 216 g/mol. The Morgan fingerprint density at radius 2 is 2.45 bits per heavy atom. The van der Waals surface area contributed by atoms with Gasteiger partial charge in [-0.25, -0.2) is 4.79 Å². The van der Waals surface area contributed by atoms with Crippen LogP contribution in [0.3, 0.4) is 0 Å². The number of carboxylic acid groups (broad SMARTS) is 1. The Morgan fingerprint density at radius 1 is 1.82 bits per heavy atom. The lowest BCUT2D eigenvalue weighted by molar-refractivity contribution is -0.166. The van der Waals surface area contributed by atoms with Gasteiger partial charge in [-0.2, -0.15) is 0 Å². The van der Waals surface area contributed by atoms with Gasteiger partial charge in [-0.05, 0) is 0 Å². The fourth-order valence-corrected chi connectivity index (χ4v) is 1.56. The van der Waals surface area contributed by atoms with Crippen LogP contribution in [0.25, 0.3) is 0 Å². The number of alkyl halides is 1. The number of esters is 1. The van der Waals surface area contributed by atoms with Crippen LogP contribution < -0.4 is 0 Å². The predicted octanol–water partition coefficient (Wildman–Crippen LogP) is 0.542. The van der Waals surface area contributed by atoms with E-state index in [9.17, 15) is 9.59 Å². The van der Waals surface area contributed by atoms with Gasteiger partial charge in [-0.3, -0.25) is 4.79 Å². The van der Waals surface area contributed by atoms with E-state index < -0.39 is 17.5 Å². The van der Waals surface area contributed by atoms with Crippen molar-refractivity contribution in [1.82, 2.24) is 0 Å². The molecule has 0 radical (unpaired) electrons. The van der Waals surface area contributed by atoms with Gasteiger partial charge in [0.15, 0.2) is 0 Å². The van der Waals surface area contributed by atoms with Crippen molar-refractivity contribution in [3.8, 4) is 0 Å². The largest absolute Gasteiger partial charge is 0.478 e. The van der Waals surface area contributed by atoms with Gasteiger partial charge in [-0.15, -0.1) is 0 Å². The molecular formula is C6H7BrO4. The first-order valence-corrected chi connectivity index (χ1v) is 4.24. The molecule has 1 fully saturated rings. The summed E-state index contributed by atoms with van der Waals surface area (Å²) in [5.74, 6) is -1.52. The summed E-state index contributed by atoms with van der Waals surface area (Å²) in [5, 5.41) is 8.83. The molecule has 0 saturated carbocycles. The van der Waals surface area contributed by atoms with Crippen LogP contribution in [-0.2, 0) is 14.3 Å². The Kier molecular flexibility index (Phi) is 2.17. The highest BCUT2D eigenvalue weighted by Gasteiger charge is 2.46. The van der Waals surface area contributed by atoms with Crippen molar-refractivity contribution < 1.29 is 19.4 Å². The van der Waals surface area contributed by atoms with Crippen LogP contribution in [0, 0.1) is 0 Å². The van der Waals surface area contributed by atoms with Crippen LogP contribution in [-0.4, -0.2) is 28.0 Å². The van der Waals surface area contributed by atoms with Crippen molar-refractivity contribution in [2.45, 2.75) is 18.4 Å². The Balaban J connectivity index is 2.78. The zero-order valence-corrected chi connectivity index (χ0v) is 7.26. The summed E-state index contributed by atoms with van der Waals surface area (Å²) in [4.78, 5) is 21.2. The van der Waals surface area contributed by atoms with Gasteiger partial charge in [-0.1, -0.05) is 15.9 Å². The van der Waals surface area contributed by atoms with Crippen LogP contribution >= 0.6 is 15.9 Å². The van der Waals surface area contributed by atoms with E-state index in [-0.39, 0.29) is 18.2 Å². The number of cyclic esters (lactones) is 1. The fraction of sp³-hybridized carbons (Fsp3) is 0.667. The van der Waals surface area contributed by atoms with Crippen molar-refractivity contribution in [3.63, 3.8) is 0 Å². The van der Waals surface area contributed by atoms with Crippen LogP contribution in [0.2, 0.25) is 0 Å². The molecule has 1 heterocycles. The number of hydrogen-bond donors (Lipinski definition) is 1. The monoisotopic (exact) mass is 222 g/mol. The minimum absolute atomic E-state index is 0.154. The SMILES string of the molecule is O=C1CC[C@@](CBr)(C(=O)O)O1. The molecule has 0 aromatic carbocycles. The molecule has 1 N–H and O–H groups in total. The molecule has 5 heteroatoms. The Morgan fingerprint density at radius 3 is 2.64 bits per heavy atom. The summed E-state index contributed by atoms with van der Waals surface area (Å²) in [6.07, 6.45) is 0.449. The van der Waals surface area contributed by atoms with Crippen LogP contribution in [0.15, 0.2) is 0 Å². The van der Waals surface area contributed by atoms with Crippen LogP contribution in [0.5, 0.6) is 0 Å². The van der Waals surface area contributed by atoms with E-state index in [0.717, 1.165) is 0 Å². The minimum atomic E-state index is -1.31. The molecule has 1 atom stereocenters. The maximum Gasteiger partial charge on any atom is 0.349 e. The molecule has 62 valence electrons. The number of halogens is 1. The van der Waals surface area contributed by atoms with Crippen molar-refractivity contribution in [1.29, 1.82) is 0 Å². The lowest BCUT2D eigenvalue weighted by Gasteiger charge is -2.18. The maximum atomic E-state index is 10.6. The summed E-state index contributed by atoms with van der Waals surface area (Å²) >= 11 is 3.00. The first-order valence-electron chi connectivity index (χ1n) is 3.12. The van der Waals surface area contributed by atoms with Gasteiger partial charge < -0.3 is 9.84 Å². The Bertz CT molecular complexity index is 203. The second-order valence-electron chi connectivity index (χ2n) is 2.41. The van der Waals surface area contributed by atoms with E-state index in [1.54, 1.807) is 0 Å². The molecule has 1 aliphatic heterocycles. The Hall–Kier alpha value is -0.580. The number of rotatable bonds is 2. The molecule has 0 aromatic heterocycles. The van der Waals surface area contributed by atoms with E-state index in [1.807, 2.05) is 0 Å². The lowest BCUT2D eigenvalue weighted by atomic mass is 10.0. The topological polar surface area (TPSA) is 63.6 Å². The minimum Gasteiger partial charge on any atom is -0.478 e. The highest BCUT2D eigenvalue weighted by Crippen LogP contribution is 2.28. The van der Waals surface area contributed by atoms with Crippen molar-refractivity contribution in [2.24, 2.45) is 0 Å². The fourth-order valence-electron chi connectivity index (χ4n) is 0.926. The van der Waals surface area contributed by atoms with Gasteiger partial charge in [0.2, 0.25) is 5.60 Å². The average Bonchev–Trinajstić information content (AvgIpc) is 2.33. The molecule has 0 unspecified atom stereocenters. The number of carbonyl (C=O) groups is 2. The average molecular weight is 223 g/mol. The molecule has 0 spiro atoms. The first-order chi connectivity index (χ1) is 5.10. The molecule has 0 bridgehead atoms. The van der Waals surface area contributed by atoms with Crippen molar-refractivity contribution in [3.05, 3.63) is 0 Å². The molecule has 0 amide bonds. The summed E-state index contributed by atoms with van der Waals surface area (Å²) < 4.78 is 4.67. The highest BCUT2D eigenvalue weighted by atomic mass is 79.9. The van der Waals surface area contributed by atoms with Crippen molar-refractivity contribution >= 4 is 27.9 Å². The zero-order valence-electron chi connectivity index (χ0n) is 5.67. The zero-order chi connectivity index (χ0) is 8.48. The van der Waals surface area contributed by atoms with E-state index in [1.165, 1.54) is 0 Å². The number of carboxylic acids is 1. The molecule has 0 aromatic rings. The maximum absolute atomic E-state index is 10.6. The third kappa shape index (κ3) is 1.38. The Labute approximate surface area is 71.7 Å². The molecule has 0 aliphatic carbocycles. The molecule has 4 nitrogen and oxygen atoms in total. The van der Waals surface area contributed by atoms with Crippen LogP contribution in [0.4, 0.5) is 0 Å². The van der Waals surface area contributed by atoms with E-state index in [2.05, 4.69) is 20.7 Å². The number of aliphatic carboxylic acids is 1. The summed E-state index contributed by atoms with van der Waals surface area (Å²) in [6, 6.07) is 0. The van der Waals surface area contributed by atoms with E-state index >= 15 is 0 Å². The third-order valence-electron chi connectivity index (χ3n) is 1.65. The molecule has 1 aliphatic rings. The van der Waals surface area contributed by atoms with Gasteiger partial charge in [0.25, 0.3) is 0 Å². The van der Waals surface area contributed by atoms with E-state index in [0.29, 0.717) is 0 Å². The number of ether oxygens (including phenoxy) is 1. The van der Waals surface area contributed by atoms with Gasteiger partial charge in [0.05, 0.1) is 5.33 Å². The molecule has 11 heavy (non-hydrogen) atoms. The molecule has 1 rings (SSSR count). The second kappa shape index (κ2) is 2.81. The smallest absolute Gasteiger partial charge is 0.349 e. The number of carbonyl (C=O) groups excluding carboxylic acids is 1. The standard InChI is InChI=1S/C6H7BrO4/c7-3-6(5(9)10)2-1-4(8)11-6/h1-3H2,(H,9,10)/t6-/m1/s1. The predicted molar refractivity (Wildman–Crippen MR) is 39.5 cm³/mol. The molecule has 1 saturated heterocycles. The second-order valence-corrected chi connectivity index (χ2v) is 2.97. The third-order valence-corrected chi connectivity index (χ3v) is 2.55. The van der Waals surface area contributed by atoms with Crippen molar-refractivity contribution in [2.75, 3.05) is 5.33 Å². The van der Waals surface area contributed by atoms with Gasteiger partial charge in [0.1, 0.15) is 0 Å². The summed E-state index contributed by atoms with van der Waals surface area (Å²) in [6.45, 7) is 0. The summed E-state index contributed by atoms with van der Waals surface area (Å²) in [5.41, 5.74) is -1.31. The lowest BCUT2D eigenvalue weighted by Crippen LogP contribution is -2.39. The first kappa shape index (κ1) is 8.52. The quantitative estimate of drug-likeness (QED) is 0.548. The van der Waals surface area contributed by atoms with E-state index in [4.69, 9.17) is 5.11 Å². The highest BCUT2D eigenvalue weighted by molar-refractivity contribution is 9.09.